The summed E-state index contributed by atoms with van der Waals surface area (Å²) < 4.78 is 13.1. The molecule has 57 heavy (non-hydrogen) atoms. The van der Waals surface area contributed by atoms with Crippen LogP contribution in [0.3, 0.4) is 0 Å². The highest BCUT2D eigenvalue weighted by atomic mass is 16.5. The van der Waals surface area contributed by atoms with Crippen molar-refractivity contribution < 1.29 is 9.15 Å². The molecule has 3 heterocycles. The first kappa shape index (κ1) is 31.8. The third-order valence-electron chi connectivity index (χ3n) is 11.8. The van der Waals surface area contributed by atoms with Gasteiger partial charge in [-0.2, -0.15) is 0 Å². The molecule has 0 bridgehead atoms. The largest absolute Gasteiger partial charge is 0.457 e. The summed E-state index contributed by atoms with van der Waals surface area (Å²) in [7, 11) is 0. The summed E-state index contributed by atoms with van der Waals surface area (Å²) in [5.74, 6) is 2.45. The van der Waals surface area contributed by atoms with Crippen molar-refractivity contribution in [1.29, 1.82) is 0 Å². The number of ether oxygens (including phenoxy) is 1. The Hall–Kier alpha value is -7.56. The Morgan fingerprint density at radius 2 is 0.982 bits per heavy atom. The highest BCUT2D eigenvalue weighted by Crippen LogP contribution is 2.62. The van der Waals surface area contributed by atoms with Crippen LogP contribution in [0.2, 0.25) is 0 Å². The fourth-order valence-electron chi connectivity index (χ4n) is 9.33. The van der Waals surface area contributed by atoms with Gasteiger partial charge in [0.2, 0.25) is 0 Å². The van der Waals surface area contributed by atoms with Crippen LogP contribution in [0.25, 0.3) is 78.1 Å². The molecule has 4 heteroatoms. The Kier molecular flexibility index (Phi) is 6.81. The maximum atomic E-state index is 6.58. The number of para-hydroxylation sites is 3. The first-order valence-corrected chi connectivity index (χ1v) is 19.3. The van der Waals surface area contributed by atoms with E-state index >= 15 is 0 Å². The lowest BCUT2D eigenvalue weighted by molar-refractivity contribution is 0.436. The topological polar surface area (TPSA) is 48.2 Å². The standard InChI is InChI=1S/C53H32N2O2/c1-2-15-33(16-3-1)52-54-49(51-50(55-52)41-22-7-11-26-46(41)57-51)40-21-5-4-19-37(40)36-18-14-17-34(31-36)35-29-30-39-38-20-6-8-23-42(38)53(45(39)32-35)43-24-9-12-27-47(43)56-48-28-13-10-25-44(48)53/h1-32H. The van der Waals surface area contributed by atoms with E-state index in [4.69, 9.17) is 19.1 Å². The second-order valence-electron chi connectivity index (χ2n) is 14.8. The molecule has 1 spiro atoms. The Morgan fingerprint density at radius 1 is 0.386 bits per heavy atom. The van der Waals surface area contributed by atoms with Crippen LogP contribution >= 0.6 is 0 Å². The number of hydrogen-bond donors (Lipinski definition) is 0. The lowest BCUT2D eigenvalue weighted by Crippen LogP contribution is -2.32. The zero-order valence-electron chi connectivity index (χ0n) is 30.7. The maximum Gasteiger partial charge on any atom is 0.180 e. The van der Waals surface area contributed by atoms with Gasteiger partial charge in [-0.15, -0.1) is 0 Å². The number of benzene rings is 8. The monoisotopic (exact) mass is 728 g/mol. The number of furan rings is 1. The van der Waals surface area contributed by atoms with Crippen molar-refractivity contribution in [2.75, 3.05) is 0 Å². The predicted molar refractivity (Wildman–Crippen MR) is 228 cm³/mol. The first-order chi connectivity index (χ1) is 28.3. The number of aromatic nitrogens is 2. The lowest BCUT2D eigenvalue weighted by atomic mass is 9.66. The molecule has 10 aromatic rings. The maximum absolute atomic E-state index is 6.58. The van der Waals surface area contributed by atoms with Crippen LogP contribution in [0.5, 0.6) is 11.5 Å². The van der Waals surface area contributed by atoms with Gasteiger partial charge in [-0.25, -0.2) is 9.97 Å². The molecular weight excluding hydrogens is 697 g/mol. The summed E-state index contributed by atoms with van der Waals surface area (Å²) in [4.78, 5) is 10.3. The molecule has 12 rings (SSSR count). The molecule has 2 aliphatic rings. The average molecular weight is 729 g/mol. The number of rotatable bonds is 4. The van der Waals surface area contributed by atoms with Crippen LogP contribution in [0.15, 0.2) is 199 Å². The molecule has 0 amide bonds. The molecule has 1 aliphatic carbocycles. The van der Waals surface area contributed by atoms with Crippen molar-refractivity contribution in [2.24, 2.45) is 0 Å². The summed E-state index contributed by atoms with van der Waals surface area (Å²) >= 11 is 0. The Bertz CT molecular complexity index is 3190. The quantitative estimate of drug-likeness (QED) is 0.181. The summed E-state index contributed by atoms with van der Waals surface area (Å²) in [6.45, 7) is 0. The van der Waals surface area contributed by atoms with Gasteiger partial charge in [0.15, 0.2) is 11.4 Å². The molecule has 0 fully saturated rings. The van der Waals surface area contributed by atoms with Gasteiger partial charge in [-0.05, 0) is 80.9 Å². The molecule has 0 saturated heterocycles. The van der Waals surface area contributed by atoms with Crippen LogP contribution in [0.4, 0.5) is 0 Å². The molecule has 266 valence electrons. The van der Waals surface area contributed by atoms with E-state index in [1.54, 1.807) is 0 Å². The average Bonchev–Trinajstić information content (AvgIpc) is 3.80. The molecule has 4 nitrogen and oxygen atoms in total. The predicted octanol–water partition coefficient (Wildman–Crippen LogP) is 13.5. The third kappa shape index (κ3) is 4.62. The third-order valence-corrected chi connectivity index (χ3v) is 11.8. The van der Waals surface area contributed by atoms with E-state index in [9.17, 15) is 0 Å². The van der Waals surface area contributed by atoms with Gasteiger partial charge >= 0.3 is 0 Å². The van der Waals surface area contributed by atoms with Gasteiger partial charge in [-0.1, -0.05) is 158 Å². The Labute approximate surface area is 329 Å². The van der Waals surface area contributed by atoms with Crippen molar-refractivity contribution >= 4 is 22.1 Å². The van der Waals surface area contributed by atoms with Crippen molar-refractivity contribution in [1.82, 2.24) is 9.97 Å². The summed E-state index contributed by atoms with van der Waals surface area (Å²) in [6, 6.07) is 68.5. The van der Waals surface area contributed by atoms with E-state index in [2.05, 4.69) is 158 Å². The fraction of sp³-hybridized carbons (Fsp3) is 0.0189. The summed E-state index contributed by atoms with van der Waals surface area (Å²) in [6.07, 6.45) is 0. The number of fused-ring (bicyclic) bond motifs is 12. The molecule has 0 radical (unpaired) electrons. The van der Waals surface area contributed by atoms with Gasteiger partial charge in [0, 0.05) is 27.6 Å². The summed E-state index contributed by atoms with van der Waals surface area (Å²) in [5.41, 5.74) is 16.2. The van der Waals surface area contributed by atoms with E-state index in [-0.39, 0.29) is 0 Å². The molecule has 1 aliphatic heterocycles. The van der Waals surface area contributed by atoms with E-state index in [1.165, 1.54) is 22.3 Å². The smallest absolute Gasteiger partial charge is 0.180 e. The minimum absolute atomic E-state index is 0.529. The molecule has 0 unspecified atom stereocenters. The van der Waals surface area contributed by atoms with E-state index < -0.39 is 5.41 Å². The van der Waals surface area contributed by atoms with Gasteiger partial charge < -0.3 is 9.15 Å². The second-order valence-corrected chi connectivity index (χ2v) is 14.8. The number of nitrogens with zero attached hydrogens (tertiary/aromatic N) is 2. The minimum atomic E-state index is -0.529. The highest BCUT2D eigenvalue weighted by molar-refractivity contribution is 6.08. The van der Waals surface area contributed by atoms with Crippen LogP contribution in [0, 0.1) is 0 Å². The van der Waals surface area contributed by atoms with E-state index in [1.807, 2.05) is 36.4 Å². The van der Waals surface area contributed by atoms with E-state index in [0.717, 1.165) is 78.2 Å². The minimum Gasteiger partial charge on any atom is -0.457 e. The van der Waals surface area contributed by atoms with Crippen molar-refractivity contribution in [3.05, 3.63) is 216 Å². The van der Waals surface area contributed by atoms with E-state index in [0.29, 0.717) is 11.4 Å². The van der Waals surface area contributed by atoms with Crippen molar-refractivity contribution in [3.63, 3.8) is 0 Å². The van der Waals surface area contributed by atoms with Crippen LogP contribution < -0.4 is 4.74 Å². The molecule has 0 N–H and O–H groups in total. The van der Waals surface area contributed by atoms with Crippen molar-refractivity contribution in [3.8, 4) is 67.5 Å². The Balaban J connectivity index is 1.05. The Morgan fingerprint density at radius 3 is 1.79 bits per heavy atom. The fourth-order valence-corrected chi connectivity index (χ4v) is 9.33. The van der Waals surface area contributed by atoms with Crippen LogP contribution in [-0.2, 0) is 5.41 Å². The normalized spacial score (nSPS) is 13.2. The van der Waals surface area contributed by atoms with Gasteiger partial charge in [0.05, 0.1) is 5.41 Å². The van der Waals surface area contributed by atoms with Crippen LogP contribution in [-0.4, -0.2) is 9.97 Å². The van der Waals surface area contributed by atoms with Gasteiger partial charge in [0.1, 0.15) is 28.3 Å². The van der Waals surface area contributed by atoms with Crippen molar-refractivity contribution in [2.45, 2.75) is 5.41 Å². The lowest BCUT2D eigenvalue weighted by Gasteiger charge is -2.39. The summed E-state index contributed by atoms with van der Waals surface area (Å²) in [5, 5.41) is 0.971. The molecule has 8 aromatic carbocycles. The molecular formula is C53H32N2O2. The van der Waals surface area contributed by atoms with Crippen LogP contribution in [0.1, 0.15) is 22.3 Å². The number of hydrogen-bond acceptors (Lipinski definition) is 4. The van der Waals surface area contributed by atoms with Gasteiger partial charge in [-0.3, -0.25) is 0 Å². The zero-order chi connectivity index (χ0) is 37.5. The first-order valence-electron chi connectivity index (χ1n) is 19.3. The second kappa shape index (κ2) is 12.2. The molecule has 2 aromatic heterocycles. The van der Waals surface area contributed by atoms with Gasteiger partial charge in [0.25, 0.3) is 0 Å². The molecule has 0 atom stereocenters. The SMILES string of the molecule is c1ccc(-c2nc(-c3ccccc3-c3cccc(-c4ccc5c(c4)C4(c6ccccc6Oc6ccccc64)c4ccccc4-5)c3)c3oc4ccccc4c3n2)cc1. The molecule has 0 saturated carbocycles. The highest BCUT2D eigenvalue weighted by Gasteiger charge is 2.51. The zero-order valence-corrected chi connectivity index (χ0v) is 30.7.